The lowest BCUT2D eigenvalue weighted by molar-refractivity contribution is -0.139. The molecule has 0 aromatic heterocycles. The summed E-state index contributed by atoms with van der Waals surface area (Å²) in [6.07, 6.45) is 6.60. The molecule has 0 bridgehead atoms. The van der Waals surface area contributed by atoms with E-state index in [-0.39, 0.29) is 35.4 Å². The SMILES string of the molecule is COCC1C[C@H](S(=O)(=O)CC2CCCCC2)CN1Cc1ccc(C(=O)NC(CCS(C)(=O)=O)C(=O)O)c(-c2ccccc2C)c1. The van der Waals surface area contributed by atoms with Gasteiger partial charge in [-0.05, 0) is 72.9 Å². The van der Waals surface area contributed by atoms with Gasteiger partial charge in [-0.2, -0.15) is 0 Å². The first-order valence-corrected chi connectivity index (χ1v) is 19.4. The number of carbonyl (C=O) groups excluding carboxylic acids is 1. The largest absolute Gasteiger partial charge is 0.480 e. The molecule has 45 heavy (non-hydrogen) atoms. The summed E-state index contributed by atoms with van der Waals surface area (Å²) < 4.78 is 55.8. The Kier molecular flexibility index (Phi) is 11.8. The highest BCUT2D eigenvalue weighted by Gasteiger charge is 2.40. The molecule has 2 aliphatic rings. The Morgan fingerprint density at radius 3 is 2.40 bits per heavy atom. The van der Waals surface area contributed by atoms with Crippen molar-refractivity contribution in [3.63, 3.8) is 0 Å². The average Bonchev–Trinajstić information content (AvgIpc) is 3.38. The van der Waals surface area contributed by atoms with Gasteiger partial charge in [-0.15, -0.1) is 0 Å². The zero-order valence-electron chi connectivity index (χ0n) is 26.4. The number of aliphatic carboxylic acids is 1. The molecule has 2 fully saturated rings. The third kappa shape index (κ3) is 9.60. The number of hydrogen-bond donors (Lipinski definition) is 2. The first kappa shape index (κ1) is 35.1. The lowest BCUT2D eigenvalue weighted by Crippen LogP contribution is -2.42. The van der Waals surface area contributed by atoms with Crippen molar-refractivity contribution < 1.29 is 36.3 Å². The van der Waals surface area contributed by atoms with E-state index >= 15 is 0 Å². The minimum Gasteiger partial charge on any atom is -0.480 e. The monoisotopic (exact) mass is 662 g/mol. The number of ether oxygens (including phenoxy) is 1. The number of carboxylic acid groups (broad SMARTS) is 1. The highest BCUT2D eigenvalue weighted by atomic mass is 32.2. The Labute approximate surface area is 267 Å². The van der Waals surface area contributed by atoms with E-state index in [1.807, 2.05) is 37.3 Å². The van der Waals surface area contributed by atoms with E-state index in [2.05, 4.69) is 10.2 Å². The molecule has 0 radical (unpaired) electrons. The fraction of sp³-hybridized carbons (Fsp3) is 0.576. The van der Waals surface area contributed by atoms with Crippen molar-refractivity contribution >= 4 is 31.6 Å². The van der Waals surface area contributed by atoms with Crippen LogP contribution in [0.4, 0.5) is 0 Å². The Hall–Kier alpha value is -2.80. The number of nitrogens with zero attached hydrogens (tertiary/aromatic N) is 1. The third-order valence-corrected chi connectivity index (χ3v) is 12.3. The molecule has 1 amide bonds. The number of rotatable bonds is 14. The van der Waals surface area contributed by atoms with E-state index in [0.717, 1.165) is 48.6 Å². The van der Waals surface area contributed by atoms with Gasteiger partial charge in [-0.25, -0.2) is 21.6 Å². The van der Waals surface area contributed by atoms with Gasteiger partial charge < -0.3 is 15.2 Å². The zero-order chi connectivity index (χ0) is 32.8. The molecular formula is C33H46N2O8S2. The molecule has 1 aliphatic heterocycles. The summed E-state index contributed by atoms with van der Waals surface area (Å²) in [5, 5.41) is 11.7. The van der Waals surface area contributed by atoms with Crippen LogP contribution in [-0.4, -0.2) is 94.1 Å². The number of sulfone groups is 2. The number of carbonyl (C=O) groups is 2. The molecule has 2 unspecified atom stereocenters. The lowest BCUT2D eigenvalue weighted by Gasteiger charge is -2.25. The molecule has 1 saturated heterocycles. The number of benzene rings is 2. The Morgan fingerprint density at radius 1 is 1.04 bits per heavy atom. The van der Waals surface area contributed by atoms with Crippen LogP contribution in [0.25, 0.3) is 11.1 Å². The number of likely N-dealkylation sites (tertiary alicyclic amines) is 1. The van der Waals surface area contributed by atoms with E-state index in [1.54, 1.807) is 19.2 Å². The number of amides is 1. The van der Waals surface area contributed by atoms with Crippen LogP contribution in [0.3, 0.4) is 0 Å². The van der Waals surface area contributed by atoms with E-state index in [4.69, 9.17) is 4.74 Å². The molecule has 0 spiro atoms. The van der Waals surface area contributed by atoms with E-state index in [9.17, 15) is 31.5 Å². The van der Waals surface area contributed by atoms with E-state index in [1.165, 1.54) is 6.42 Å². The number of nitrogens with one attached hydrogen (secondary N) is 1. The second-order valence-electron chi connectivity index (χ2n) is 12.7. The number of carboxylic acids is 1. The molecule has 4 rings (SSSR count). The standard InChI is InChI=1S/C33H46N2O8S2/c1-23-9-7-8-12-28(23)30-17-25(13-14-29(30)32(36)34-31(33(37)38)15-16-44(3,39)40)19-35-20-27(18-26(35)21-43-2)45(41,42)22-24-10-5-4-6-11-24/h7-9,12-14,17,24,26-27,31H,4-6,10-11,15-16,18-22H2,1-3H3,(H,34,36)(H,37,38)/t26?,27-,31?/m0/s1. The summed E-state index contributed by atoms with van der Waals surface area (Å²) in [5.41, 5.74) is 3.47. The van der Waals surface area contributed by atoms with Crippen LogP contribution in [0.15, 0.2) is 42.5 Å². The van der Waals surface area contributed by atoms with Crippen LogP contribution in [0.1, 0.15) is 66.4 Å². The topological polar surface area (TPSA) is 147 Å². The molecule has 2 aromatic carbocycles. The Bertz CT molecular complexity index is 1570. The average molecular weight is 663 g/mol. The second-order valence-corrected chi connectivity index (χ2v) is 17.3. The second kappa shape index (κ2) is 15.2. The fourth-order valence-corrected chi connectivity index (χ4v) is 9.48. The maximum Gasteiger partial charge on any atom is 0.326 e. The van der Waals surface area contributed by atoms with Crippen molar-refractivity contribution in [2.45, 2.75) is 75.7 Å². The van der Waals surface area contributed by atoms with Gasteiger partial charge in [-0.1, -0.05) is 49.6 Å². The minimum absolute atomic E-state index is 0.0720. The molecule has 10 nitrogen and oxygen atoms in total. The van der Waals surface area contributed by atoms with E-state index < -0.39 is 42.8 Å². The summed E-state index contributed by atoms with van der Waals surface area (Å²) in [5.74, 6) is -1.82. The third-order valence-electron chi connectivity index (χ3n) is 9.08. The summed E-state index contributed by atoms with van der Waals surface area (Å²) in [7, 11) is -5.08. The van der Waals surface area contributed by atoms with Crippen molar-refractivity contribution in [1.29, 1.82) is 0 Å². The van der Waals surface area contributed by atoms with Crippen molar-refractivity contribution in [2.24, 2.45) is 5.92 Å². The summed E-state index contributed by atoms with van der Waals surface area (Å²) in [6, 6.07) is 11.5. The zero-order valence-corrected chi connectivity index (χ0v) is 28.0. The summed E-state index contributed by atoms with van der Waals surface area (Å²) in [6.45, 7) is 3.19. The predicted molar refractivity (Wildman–Crippen MR) is 175 cm³/mol. The maximum absolute atomic E-state index is 13.5. The first-order chi connectivity index (χ1) is 21.3. The predicted octanol–water partition coefficient (Wildman–Crippen LogP) is 3.86. The molecule has 248 valence electrons. The fourth-order valence-electron chi connectivity index (χ4n) is 6.62. The smallest absolute Gasteiger partial charge is 0.326 e. The Balaban J connectivity index is 1.59. The van der Waals surface area contributed by atoms with Crippen molar-refractivity contribution in [1.82, 2.24) is 10.2 Å². The molecule has 1 heterocycles. The first-order valence-electron chi connectivity index (χ1n) is 15.6. The molecule has 2 aromatic rings. The van der Waals surface area contributed by atoms with Crippen molar-refractivity contribution in [2.75, 3.05) is 38.0 Å². The van der Waals surface area contributed by atoms with Crippen LogP contribution in [0.5, 0.6) is 0 Å². The van der Waals surface area contributed by atoms with Gasteiger partial charge in [0.2, 0.25) is 0 Å². The lowest BCUT2D eigenvalue weighted by atomic mass is 9.91. The molecule has 3 atom stereocenters. The normalized spacial score (nSPS) is 20.6. The Morgan fingerprint density at radius 2 is 1.76 bits per heavy atom. The van der Waals surface area contributed by atoms with Crippen molar-refractivity contribution in [3.8, 4) is 11.1 Å². The highest BCUT2D eigenvalue weighted by molar-refractivity contribution is 7.92. The minimum atomic E-state index is -3.42. The molecule has 2 N–H and O–H groups in total. The number of aryl methyl sites for hydroxylation is 1. The summed E-state index contributed by atoms with van der Waals surface area (Å²) >= 11 is 0. The maximum atomic E-state index is 13.5. The molecule has 1 saturated carbocycles. The van der Waals surface area contributed by atoms with Crippen LogP contribution >= 0.6 is 0 Å². The van der Waals surface area contributed by atoms with Gasteiger partial charge in [-0.3, -0.25) is 9.69 Å². The van der Waals surface area contributed by atoms with Crippen molar-refractivity contribution in [3.05, 3.63) is 59.2 Å². The number of methoxy groups -OCH3 is 1. The van der Waals surface area contributed by atoms with Gasteiger partial charge in [0.15, 0.2) is 9.84 Å². The van der Waals surface area contributed by atoms with Crippen LogP contribution < -0.4 is 5.32 Å². The van der Waals surface area contributed by atoms with Crippen LogP contribution in [0.2, 0.25) is 0 Å². The molecule has 12 heteroatoms. The molecular weight excluding hydrogens is 617 g/mol. The van der Waals surface area contributed by atoms with Crippen LogP contribution in [-0.2, 0) is 35.8 Å². The van der Waals surface area contributed by atoms with Gasteiger partial charge in [0.05, 0.1) is 23.4 Å². The van der Waals surface area contributed by atoms with Gasteiger partial charge >= 0.3 is 5.97 Å². The van der Waals surface area contributed by atoms with Gasteiger partial charge in [0, 0.05) is 38.1 Å². The van der Waals surface area contributed by atoms with E-state index in [0.29, 0.717) is 31.7 Å². The number of hydrogen-bond acceptors (Lipinski definition) is 8. The highest BCUT2D eigenvalue weighted by Crippen LogP contribution is 2.33. The van der Waals surface area contributed by atoms with Crippen LogP contribution in [0, 0.1) is 12.8 Å². The van der Waals surface area contributed by atoms with Gasteiger partial charge in [0.1, 0.15) is 15.9 Å². The van der Waals surface area contributed by atoms with Gasteiger partial charge in [0.25, 0.3) is 5.91 Å². The molecule has 1 aliphatic carbocycles. The summed E-state index contributed by atoms with van der Waals surface area (Å²) in [4.78, 5) is 27.5. The quantitative estimate of drug-likeness (QED) is 0.308.